The van der Waals surface area contributed by atoms with Gasteiger partial charge in [-0.1, -0.05) is 25.8 Å². The molecule has 1 aliphatic carbocycles. The minimum atomic E-state index is 0.221. The molecule has 2 heterocycles. The van der Waals surface area contributed by atoms with Crippen LogP contribution in [-0.2, 0) is 6.54 Å². The number of aliphatic imine (C=N–C) groups is 1. The lowest BCUT2D eigenvalue weighted by Crippen LogP contribution is -2.52. The van der Waals surface area contributed by atoms with Crippen LogP contribution in [0.15, 0.2) is 22.5 Å². The number of rotatable bonds is 4. The third kappa shape index (κ3) is 2.58. The number of nitrogens with two attached hydrogens (primary N) is 1. The van der Waals surface area contributed by atoms with Crippen LogP contribution in [0.25, 0.3) is 0 Å². The van der Waals surface area contributed by atoms with Gasteiger partial charge in [-0.25, -0.2) is 0 Å². The minimum Gasteiger partial charge on any atom is -0.370 e. The highest BCUT2D eigenvalue weighted by atomic mass is 32.1. The fraction of sp³-hybridized carbons (Fsp3) is 0.688. The highest BCUT2D eigenvalue weighted by Gasteiger charge is 2.44. The number of hydrogen-bond donors (Lipinski definition) is 1. The van der Waals surface area contributed by atoms with Crippen molar-refractivity contribution in [1.82, 2.24) is 4.90 Å². The lowest BCUT2D eigenvalue weighted by Gasteiger charge is -2.44. The second kappa shape index (κ2) is 5.76. The first kappa shape index (κ1) is 13.9. The Balaban J connectivity index is 1.69. The van der Waals surface area contributed by atoms with Gasteiger partial charge in [0.25, 0.3) is 0 Å². The highest BCUT2D eigenvalue weighted by Crippen LogP contribution is 2.41. The van der Waals surface area contributed by atoms with Crippen molar-refractivity contribution in [3.05, 3.63) is 22.4 Å². The van der Waals surface area contributed by atoms with Gasteiger partial charge in [-0.2, -0.15) is 0 Å². The van der Waals surface area contributed by atoms with E-state index in [0.717, 1.165) is 25.0 Å². The summed E-state index contributed by atoms with van der Waals surface area (Å²) in [6, 6.07) is 4.32. The zero-order chi connectivity index (χ0) is 14.0. The summed E-state index contributed by atoms with van der Waals surface area (Å²) in [5.41, 5.74) is 6.40. The molecule has 1 saturated carbocycles. The topological polar surface area (TPSA) is 41.6 Å². The molecule has 1 aromatic rings. The van der Waals surface area contributed by atoms with Crippen LogP contribution in [0.3, 0.4) is 0 Å². The Morgan fingerprint density at radius 1 is 1.45 bits per heavy atom. The summed E-state index contributed by atoms with van der Waals surface area (Å²) in [6.45, 7) is 4.14. The smallest absolute Gasteiger partial charge is 0.192 e. The maximum Gasteiger partial charge on any atom is 0.192 e. The van der Waals surface area contributed by atoms with Crippen LogP contribution in [-0.4, -0.2) is 22.9 Å². The van der Waals surface area contributed by atoms with E-state index >= 15 is 0 Å². The Morgan fingerprint density at radius 2 is 2.25 bits per heavy atom. The van der Waals surface area contributed by atoms with E-state index in [1.165, 1.54) is 43.4 Å². The summed E-state index contributed by atoms with van der Waals surface area (Å²) in [4.78, 5) is 8.35. The van der Waals surface area contributed by atoms with Crippen molar-refractivity contribution in [2.24, 2.45) is 16.6 Å². The molecule has 1 aromatic heterocycles. The van der Waals surface area contributed by atoms with Gasteiger partial charge in [0.15, 0.2) is 5.96 Å². The van der Waals surface area contributed by atoms with Gasteiger partial charge in [0.05, 0.1) is 18.6 Å². The highest BCUT2D eigenvalue weighted by molar-refractivity contribution is 7.09. The van der Waals surface area contributed by atoms with Crippen molar-refractivity contribution in [3.63, 3.8) is 0 Å². The van der Waals surface area contributed by atoms with E-state index in [9.17, 15) is 0 Å². The molecular formula is C16H25N3S. The average Bonchev–Trinajstić information content (AvgIpc) is 3.06. The molecule has 0 radical (unpaired) electrons. The van der Waals surface area contributed by atoms with Gasteiger partial charge in [-0.3, -0.25) is 4.99 Å². The number of thiophene rings is 1. The molecule has 3 nitrogen and oxygen atoms in total. The summed E-state index contributed by atoms with van der Waals surface area (Å²) in [5, 5.41) is 2.14. The van der Waals surface area contributed by atoms with Crippen molar-refractivity contribution in [1.29, 1.82) is 0 Å². The monoisotopic (exact) mass is 291 g/mol. The van der Waals surface area contributed by atoms with Crippen LogP contribution in [0.4, 0.5) is 0 Å². The zero-order valence-electron chi connectivity index (χ0n) is 12.3. The molecule has 0 bridgehead atoms. The summed E-state index contributed by atoms with van der Waals surface area (Å²) in [5.74, 6) is 1.68. The van der Waals surface area contributed by atoms with Crippen LogP contribution in [0.2, 0.25) is 0 Å². The van der Waals surface area contributed by atoms with Gasteiger partial charge in [0, 0.05) is 4.88 Å². The third-order valence-corrected chi connectivity index (χ3v) is 5.87. The molecule has 2 aliphatic rings. The predicted molar refractivity (Wildman–Crippen MR) is 85.9 cm³/mol. The SMILES string of the molecule is CCCC1CCC2(CC1)CN=C(N)N2Cc1cccs1. The van der Waals surface area contributed by atoms with E-state index in [-0.39, 0.29) is 5.54 Å². The maximum absolute atomic E-state index is 6.17. The zero-order valence-corrected chi connectivity index (χ0v) is 13.2. The lowest BCUT2D eigenvalue weighted by atomic mass is 9.74. The summed E-state index contributed by atoms with van der Waals surface area (Å²) >= 11 is 1.82. The first-order chi connectivity index (χ1) is 9.73. The van der Waals surface area contributed by atoms with E-state index in [0.29, 0.717) is 0 Å². The Kier molecular flexibility index (Phi) is 4.01. The molecule has 1 spiro atoms. The maximum atomic E-state index is 6.17. The third-order valence-electron chi connectivity index (χ3n) is 5.01. The van der Waals surface area contributed by atoms with Crippen molar-refractivity contribution in [3.8, 4) is 0 Å². The van der Waals surface area contributed by atoms with Crippen LogP contribution < -0.4 is 5.73 Å². The number of guanidine groups is 1. The molecule has 20 heavy (non-hydrogen) atoms. The predicted octanol–water partition coefficient (Wildman–Crippen LogP) is 3.61. The van der Waals surface area contributed by atoms with Crippen molar-refractivity contribution < 1.29 is 0 Å². The largest absolute Gasteiger partial charge is 0.370 e. The molecule has 4 heteroatoms. The molecule has 0 saturated heterocycles. The van der Waals surface area contributed by atoms with Crippen molar-refractivity contribution in [2.75, 3.05) is 6.54 Å². The Bertz CT molecular complexity index is 458. The molecular weight excluding hydrogens is 266 g/mol. The average molecular weight is 291 g/mol. The Labute approximate surface area is 125 Å². The van der Waals surface area contributed by atoms with Crippen molar-refractivity contribution >= 4 is 17.3 Å². The van der Waals surface area contributed by atoms with E-state index in [1.807, 2.05) is 11.3 Å². The molecule has 0 atom stereocenters. The normalized spacial score (nSPS) is 29.9. The fourth-order valence-corrected chi connectivity index (χ4v) is 4.48. The van der Waals surface area contributed by atoms with Gasteiger partial charge >= 0.3 is 0 Å². The van der Waals surface area contributed by atoms with Crippen molar-refractivity contribution in [2.45, 2.75) is 57.5 Å². The van der Waals surface area contributed by atoms with E-state index in [1.54, 1.807) is 0 Å². The number of nitrogens with zero attached hydrogens (tertiary/aromatic N) is 2. The van der Waals surface area contributed by atoms with E-state index in [2.05, 4.69) is 34.3 Å². The van der Waals surface area contributed by atoms with Crippen LogP contribution in [0.1, 0.15) is 50.3 Å². The van der Waals surface area contributed by atoms with E-state index in [4.69, 9.17) is 5.73 Å². The van der Waals surface area contributed by atoms with Gasteiger partial charge in [0.2, 0.25) is 0 Å². The number of hydrogen-bond acceptors (Lipinski definition) is 4. The molecule has 1 fully saturated rings. The summed E-state index contributed by atoms with van der Waals surface area (Å²) in [7, 11) is 0. The van der Waals surface area contributed by atoms with Crippen LogP contribution in [0.5, 0.6) is 0 Å². The molecule has 2 N–H and O–H groups in total. The van der Waals surface area contributed by atoms with Crippen LogP contribution >= 0.6 is 11.3 Å². The first-order valence-corrected chi connectivity index (χ1v) is 8.71. The van der Waals surface area contributed by atoms with Gasteiger partial charge in [-0.15, -0.1) is 11.3 Å². The van der Waals surface area contributed by atoms with Crippen LogP contribution in [0, 0.1) is 5.92 Å². The van der Waals surface area contributed by atoms with E-state index < -0.39 is 0 Å². The van der Waals surface area contributed by atoms with Gasteiger partial charge < -0.3 is 10.6 Å². The molecule has 0 unspecified atom stereocenters. The fourth-order valence-electron chi connectivity index (χ4n) is 3.79. The summed E-state index contributed by atoms with van der Waals surface area (Å²) < 4.78 is 0. The molecule has 110 valence electrons. The van der Waals surface area contributed by atoms with Gasteiger partial charge in [0.1, 0.15) is 0 Å². The Hall–Kier alpha value is -1.03. The lowest BCUT2D eigenvalue weighted by molar-refractivity contribution is 0.109. The molecule has 1 aliphatic heterocycles. The molecule has 0 aromatic carbocycles. The standard InChI is InChI=1S/C16H25N3S/c1-2-4-13-6-8-16(9-7-13)12-18-15(17)19(16)11-14-5-3-10-20-14/h3,5,10,13H,2,4,6-9,11-12H2,1H3,(H2,17,18). The molecule has 3 rings (SSSR count). The van der Waals surface area contributed by atoms with Gasteiger partial charge in [-0.05, 0) is 43.0 Å². The first-order valence-electron chi connectivity index (χ1n) is 7.83. The summed E-state index contributed by atoms with van der Waals surface area (Å²) in [6.07, 6.45) is 7.90. The Morgan fingerprint density at radius 3 is 2.90 bits per heavy atom. The second-order valence-corrected chi connectivity index (χ2v) is 7.33. The molecule has 0 amide bonds. The minimum absolute atomic E-state index is 0.221. The quantitative estimate of drug-likeness (QED) is 0.920. The second-order valence-electron chi connectivity index (χ2n) is 6.30.